The van der Waals surface area contributed by atoms with Crippen LogP contribution in [0.4, 0.5) is 0 Å². The second-order valence-electron chi connectivity index (χ2n) is 7.98. The van der Waals surface area contributed by atoms with Crippen molar-refractivity contribution in [2.75, 3.05) is 26.3 Å². The van der Waals surface area contributed by atoms with Gasteiger partial charge in [-0.2, -0.15) is 0 Å². The van der Waals surface area contributed by atoms with Crippen molar-refractivity contribution in [3.05, 3.63) is 24.2 Å². The van der Waals surface area contributed by atoms with E-state index in [0.29, 0.717) is 24.2 Å². The Labute approximate surface area is 186 Å². The average Bonchev–Trinajstić information content (AvgIpc) is 3.34. The van der Waals surface area contributed by atoms with Crippen molar-refractivity contribution in [3.8, 4) is 0 Å². The average molecular weight is 505 g/mol. The van der Waals surface area contributed by atoms with Gasteiger partial charge in [-0.05, 0) is 58.1 Å². The summed E-state index contributed by atoms with van der Waals surface area (Å²) in [7, 11) is 0. The number of nitrogens with zero attached hydrogens (tertiary/aromatic N) is 1. The number of hydrogen-bond donors (Lipinski definition) is 2. The van der Waals surface area contributed by atoms with Crippen LogP contribution in [0.1, 0.15) is 51.7 Å². The van der Waals surface area contributed by atoms with Crippen LogP contribution in [-0.4, -0.2) is 50.5 Å². The lowest BCUT2D eigenvalue weighted by molar-refractivity contribution is -0.0152. The molecule has 1 aromatic rings. The molecule has 160 valence electrons. The number of furan rings is 1. The number of rotatable bonds is 8. The highest BCUT2D eigenvalue weighted by atomic mass is 127. The van der Waals surface area contributed by atoms with Gasteiger partial charge in [-0.1, -0.05) is 0 Å². The zero-order valence-corrected chi connectivity index (χ0v) is 19.5. The maximum Gasteiger partial charge on any atom is 0.191 e. The standard InChI is InChI=1S/C21H35N3O3.HI/c1-16(2)27-20-7-5-18(6-8-20)24-21(23-14-17-10-13-25-15-17)22-11-9-19-4-3-12-26-19;/h3-4,12,16-18,20H,5-11,13-15H2,1-2H3,(H2,22,23,24);1H. The van der Waals surface area contributed by atoms with Crippen molar-refractivity contribution < 1.29 is 13.9 Å². The van der Waals surface area contributed by atoms with E-state index < -0.39 is 0 Å². The van der Waals surface area contributed by atoms with Crippen LogP contribution in [0.5, 0.6) is 0 Å². The van der Waals surface area contributed by atoms with E-state index in [1.807, 2.05) is 12.1 Å². The van der Waals surface area contributed by atoms with Gasteiger partial charge >= 0.3 is 0 Å². The molecule has 6 nitrogen and oxygen atoms in total. The lowest BCUT2D eigenvalue weighted by atomic mass is 9.93. The summed E-state index contributed by atoms with van der Waals surface area (Å²) in [6.07, 6.45) is 8.90. The number of guanidine groups is 1. The zero-order chi connectivity index (χ0) is 18.9. The summed E-state index contributed by atoms with van der Waals surface area (Å²) in [5.74, 6) is 2.46. The number of halogens is 1. The molecule has 1 aromatic heterocycles. The summed E-state index contributed by atoms with van der Waals surface area (Å²) >= 11 is 0. The molecule has 0 aromatic carbocycles. The van der Waals surface area contributed by atoms with Gasteiger partial charge in [0.05, 0.1) is 25.1 Å². The Morgan fingerprint density at radius 3 is 2.71 bits per heavy atom. The lowest BCUT2D eigenvalue weighted by Crippen LogP contribution is -2.46. The molecule has 1 saturated heterocycles. The minimum absolute atomic E-state index is 0. The fourth-order valence-corrected chi connectivity index (χ4v) is 3.78. The van der Waals surface area contributed by atoms with Crippen molar-refractivity contribution in [1.29, 1.82) is 0 Å². The molecular weight excluding hydrogens is 469 g/mol. The van der Waals surface area contributed by atoms with Gasteiger partial charge in [0.2, 0.25) is 0 Å². The van der Waals surface area contributed by atoms with E-state index in [1.165, 1.54) is 0 Å². The maximum absolute atomic E-state index is 5.97. The second-order valence-corrected chi connectivity index (χ2v) is 7.98. The first-order valence-electron chi connectivity index (χ1n) is 10.5. The van der Waals surface area contributed by atoms with E-state index in [9.17, 15) is 0 Å². The van der Waals surface area contributed by atoms with Crippen molar-refractivity contribution in [2.24, 2.45) is 10.9 Å². The summed E-state index contributed by atoms with van der Waals surface area (Å²) in [5.41, 5.74) is 0. The molecule has 2 aliphatic rings. The van der Waals surface area contributed by atoms with Crippen molar-refractivity contribution >= 4 is 29.9 Å². The topological polar surface area (TPSA) is 68.0 Å². The van der Waals surface area contributed by atoms with Crippen molar-refractivity contribution in [1.82, 2.24) is 10.6 Å². The minimum atomic E-state index is 0. The third-order valence-corrected chi connectivity index (χ3v) is 5.26. The molecule has 7 heteroatoms. The fraction of sp³-hybridized carbons (Fsp3) is 0.762. The summed E-state index contributed by atoms with van der Waals surface area (Å²) in [5, 5.41) is 7.13. The van der Waals surface area contributed by atoms with E-state index in [4.69, 9.17) is 18.9 Å². The summed E-state index contributed by atoms with van der Waals surface area (Å²) in [4.78, 5) is 4.84. The summed E-state index contributed by atoms with van der Waals surface area (Å²) in [6, 6.07) is 4.41. The third-order valence-electron chi connectivity index (χ3n) is 5.26. The van der Waals surface area contributed by atoms with Crippen LogP contribution in [0, 0.1) is 5.92 Å². The van der Waals surface area contributed by atoms with Crippen LogP contribution in [0.25, 0.3) is 0 Å². The number of aliphatic imine (C=N–C) groups is 1. The fourth-order valence-electron chi connectivity index (χ4n) is 3.78. The first kappa shape index (κ1) is 23.5. The smallest absolute Gasteiger partial charge is 0.191 e. The highest BCUT2D eigenvalue weighted by Gasteiger charge is 2.23. The SMILES string of the molecule is CC(C)OC1CCC(NC(=NCC2CCOC2)NCCc2ccco2)CC1.I. The maximum atomic E-state index is 5.97. The number of hydrogen-bond acceptors (Lipinski definition) is 4. The van der Waals surface area contributed by atoms with Crippen molar-refractivity contribution in [2.45, 2.75) is 70.6 Å². The van der Waals surface area contributed by atoms with E-state index >= 15 is 0 Å². The van der Waals surface area contributed by atoms with Crippen LogP contribution >= 0.6 is 24.0 Å². The molecule has 2 fully saturated rings. The zero-order valence-electron chi connectivity index (χ0n) is 17.2. The predicted octanol–water partition coefficient (Wildman–Crippen LogP) is 3.75. The highest BCUT2D eigenvalue weighted by Crippen LogP contribution is 2.22. The first-order chi connectivity index (χ1) is 13.2. The Morgan fingerprint density at radius 2 is 2.07 bits per heavy atom. The van der Waals surface area contributed by atoms with Crippen LogP contribution in [-0.2, 0) is 15.9 Å². The van der Waals surface area contributed by atoms with E-state index in [-0.39, 0.29) is 24.0 Å². The number of ether oxygens (including phenoxy) is 2. The lowest BCUT2D eigenvalue weighted by Gasteiger charge is -2.31. The molecule has 1 atom stereocenters. The molecule has 1 aliphatic carbocycles. The van der Waals surface area contributed by atoms with Crippen LogP contribution < -0.4 is 10.6 Å². The van der Waals surface area contributed by atoms with Crippen molar-refractivity contribution in [3.63, 3.8) is 0 Å². The summed E-state index contributed by atoms with van der Waals surface area (Å²) < 4.78 is 16.9. The molecule has 1 aliphatic heterocycles. The molecule has 3 rings (SSSR count). The largest absolute Gasteiger partial charge is 0.469 e. The first-order valence-corrected chi connectivity index (χ1v) is 10.5. The highest BCUT2D eigenvalue weighted by molar-refractivity contribution is 14.0. The van der Waals surface area contributed by atoms with Gasteiger partial charge in [0.25, 0.3) is 0 Å². The monoisotopic (exact) mass is 505 g/mol. The van der Waals surface area contributed by atoms with E-state index in [2.05, 4.69) is 24.5 Å². The molecule has 2 heterocycles. The van der Waals surface area contributed by atoms with Gasteiger partial charge in [0.15, 0.2) is 5.96 Å². The predicted molar refractivity (Wildman–Crippen MR) is 122 cm³/mol. The van der Waals surface area contributed by atoms with Gasteiger partial charge in [0, 0.05) is 38.1 Å². The molecule has 2 N–H and O–H groups in total. The Hall–Kier alpha value is -0.800. The molecule has 1 saturated carbocycles. The van der Waals surface area contributed by atoms with E-state index in [1.54, 1.807) is 6.26 Å². The Bertz CT molecular complexity index is 551. The molecule has 0 bridgehead atoms. The van der Waals surface area contributed by atoms with Gasteiger partial charge < -0.3 is 24.5 Å². The molecule has 0 radical (unpaired) electrons. The Kier molecular flexibility index (Phi) is 10.6. The molecular formula is C21H36IN3O3. The minimum Gasteiger partial charge on any atom is -0.469 e. The Balaban J connectivity index is 0.00000280. The van der Waals surface area contributed by atoms with Gasteiger partial charge in [0.1, 0.15) is 5.76 Å². The Morgan fingerprint density at radius 1 is 1.25 bits per heavy atom. The number of nitrogens with one attached hydrogen (secondary N) is 2. The molecule has 28 heavy (non-hydrogen) atoms. The van der Waals surface area contributed by atoms with E-state index in [0.717, 1.165) is 76.5 Å². The quantitative estimate of drug-likeness (QED) is 0.320. The van der Waals surface area contributed by atoms with Crippen LogP contribution in [0.2, 0.25) is 0 Å². The molecule has 0 spiro atoms. The molecule has 0 amide bonds. The third kappa shape index (κ3) is 8.29. The van der Waals surface area contributed by atoms with Gasteiger partial charge in [-0.3, -0.25) is 4.99 Å². The molecule has 1 unspecified atom stereocenters. The normalized spacial score (nSPS) is 25.5. The van der Waals surface area contributed by atoms with Gasteiger partial charge in [-0.15, -0.1) is 24.0 Å². The van der Waals surface area contributed by atoms with Gasteiger partial charge in [-0.25, -0.2) is 0 Å². The van der Waals surface area contributed by atoms with Crippen LogP contribution in [0.15, 0.2) is 27.8 Å². The summed E-state index contributed by atoms with van der Waals surface area (Å²) in [6.45, 7) is 7.57. The van der Waals surface area contributed by atoms with Crippen LogP contribution in [0.3, 0.4) is 0 Å². The second kappa shape index (κ2) is 12.7.